The summed E-state index contributed by atoms with van der Waals surface area (Å²) in [5.74, 6) is 0.112. The summed E-state index contributed by atoms with van der Waals surface area (Å²) in [5.41, 5.74) is 1.20. The van der Waals surface area contributed by atoms with Gasteiger partial charge in [0.1, 0.15) is 29.7 Å². The second kappa shape index (κ2) is 10.8. The fraction of sp³-hybridized carbons (Fsp3) is 0.0833. The fourth-order valence-electron chi connectivity index (χ4n) is 2.87. The molecule has 0 fully saturated rings. The van der Waals surface area contributed by atoms with Crippen LogP contribution in [-0.4, -0.2) is 17.9 Å². The number of amides is 1. The summed E-state index contributed by atoms with van der Waals surface area (Å²) in [6.45, 7) is 0.340. The van der Waals surface area contributed by atoms with Gasteiger partial charge in [0.05, 0.1) is 17.7 Å². The van der Waals surface area contributed by atoms with E-state index in [4.69, 9.17) is 21.1 Å². The molecule has 0 unspecified atom stereocenters. The molecule has 8 nitrogen and oxygen atoms in total. The average molecular weight is 464 g/mol. The lowest BCUT2D eigenvalue weighted by Crippen LogP contribution is -2.14. The number of halogens is 1. The Kier molecular flexibility index (Phi) is 7.63. The molecule has 0 aliphatic carbocycles. The average Bonchev–Trinajstić information content (AvgIpc) is 2.81. The maximum atomic E-state index is 12.6. The van der Waals surface area contributed by atoms with Gasteiger partial charge in [-0.2, -0.15) is 5.26 Å². The van der Waals surface area contributed by atoms with Crippen LogP contribution in [0.15, 0.2) is 72.3 Å². The van der Waals surface area contributed by atoms with Crippen molar-refractivity contribution in [1.29, 1.82) is 5.26 Å². The Labute approximate surface area is 194 Å². The van der Waals surface area contributed by atoms with Crippen molar-refractivity contribution in [3.63, 3.8) is 0 Å². The van der Waals surface area contributed by atoms with E-state index in [0.29, 0.717) is 22.9 Å². The molecule has 166 valence electrons. The summed E-state index contributed by atoms with van der Waals surface area (Å²) >= 11 is 5.97. The number of methoxy groups -OCH3 is 1. The molecular formula is C24H18ClN3O5. The number of carbonyl (C=O) groups excluding carboxylic acids is 1. The third kappa shape index (κ3) is 6.32. The molecule has 0 aliphatic rings. The van der Waals surface area contributed by atoms with Crippen molar-refractivity contribution in [2.75, 3.05) is 12.4 Å². The van der Waals surface area contributed by atoms with Crippen LogP contribution in [0.1, 0.15) is 11.1 Å². The normalized spacial score (nSPS) is 10.8. The summed E-state index contributed by atoms with van der Waals surface area (Å²) in [7, 11) is 1.37. The molecule has 9 heteroatoms. The predicted molar refractivity (Wildman–Crippen MR) is 124 cm³/mol. The molecule has 0 atom stereocenters. The van der Waals surface area contributed by atoms with Crippen molar-refractivity contribution in [1.82, 2.24) is 0 Å². The molecule has 0 aliphatic heterocycles. The number of nitro benzene ring substituents is 1. The number of carbonyl (C=O) groups is 1. The van der Waals surface area contributed by atoms with E-state index in [-0.39, 0.29) is 22.7 Å². The van der Waals surface area contributed by atoms with Gasteiger partial charge in [0, 0.05) is 17.2 Å². The molecule has 0 spiro atoms. The van der Waals surface area contributed by atoms with Crippen molar-refractivity contribution < 1.29 is 19.2 Å². The van der Waals surface area contributed by atoms with E-state index in [9.17, 15) is 20.2 Å². The van der Waals surface area contributed by atoms with Gasteiger partial charge < -0.3 is 14.8 Å². The van der Waals surface area contributed by atoms with Gasteiger partial charge in [-0.05, 0) is 47.5 Å². The zero-order valence-corrected chi connectivity index (χ0v) is 18.2. The Hall–Kier alpha value is -4.35. The second-order valence-corrected chi connectivity index (χ2v) is 7.19. The number of anilines is 1. The van der Waals surface area contributed by atoms with Crippen LogP contribution in [0.2, 0.25) is 5.02 Å². The number of nitrogens with one attached hydrogen (secondary N) is 1. The molecule has 0 aromatic heterocycles. The van der Waals surface area contributed by atoms with E-state index in [1.165, 1.54) is 25.3 Å². The van der Waals surface area contributed by atoms with Gasteiger partial charge in [-0.1, -0.05) is 35.9 Å². The number of hydrogen-bond donors (Lipinski definition) is 1. The molecule has 0 heterocycles. The standard InChI is InChI=1S/C24H18ClN3O5/c1-32-23-10-7-20(28(30)31)13-22(23)27-24(29)18(14-26)11-16-5-8-21(9-6-16)33-15-17-3-2-4-19(25)12-17/h2-13H,15H2,1H3,(H,27,29)/b18-11+. The third-order valence-corrected chi connectivity index (χ3v) is 4.73. The number of ether oxygens (including phenoxy) is 2. The van der Waals surface area contributed by atoms with Crippen LogP contribution < -0.4 is 14.8 Å². The number of rotatable bonds is 8. The first-order valence-electron chi connectivity index (χ1n) is 9.62. The molecule has 3 aromatic rings. The Morgan fingerprint density at radius 3 is 2.58 bits per heavy atom. The fourth-order valence-corrected chi connectivity index (χ4v) is 3.08. The summed E-state index contributed by atoms with van der Waals surface area (Å²) in [6, 6.07) is 19.8. The summed E-state index contributed by atoms with van der Waals surface area (Å²) in [4.78, 5) is 23.0. The van der Waals surface area contributed by atoms with Gasteiger partial charge in [-0.25, -0.2) is 0 Å². The summed E-state index contributed by atoms with van der Waals surface area (Å²) in [6.07, 6.45) is 1.40. The van der Waals surface area contributed by atoms with E-state index in [1.807, 2.05) is 24.3 Å². The minimum Gasteiger partial charge on any atom is -0.495 e. The van der Waals surface area contributed by atoms with Crippen LogP contribution in [0, 0.1) is 21.4 Å². The highest BCUT2D eigenvalue weighted by Gasteiger charge is 2.16. The third-order valence-electron chi connectivity index (χ3n) is 4.49. The minimum absolute atomic E-state index is 0.0858. The first-order chi connectivity index (χ1) is 15.9. The van der Waals surface area contributed by atoms with Gasteiger partial charge in [-0.3, -0.25) is 14.9 Å². The molecule has 0 saturated carbocycles. The SMILES string of the molecule is COc1ccc([N+](=O)[O-])cc1NC(=O)/C(C#N)=C/c1ccc(OCc2cccc(Cl)c2)cc1. The Bertz CT molecular complexity index is 1250. The first kappa shape index (κ1) is 23.3. The predicted octanol–water partition coefficient (Wildman–Crippen LogP) is 5.38. The van der Waals surface area contributed by atoms with Crippen LogP contribution in [0.4, 0.5) is 11.4 Å². The van der Waals surface area contributed by atoms with E-state index >= 15 is 0 Å². The highest BCUT2D eigenvalue weighted by atomic mass is 35.5. The van der Waals surface area contributed by atoms with E-state index in [0.717, 1.165) is 11.6 Å². The molecular weight excluding hydrogens is 446 g/mol. The zero-order chi connectivity index (χ0) is 23.8. The van der Waals surface area contributed by atoms with E-state index < -0.39 is 10.8 Å². The maximum absolute atomic E-state index is 12.6. The van der Waals surface area contributed by atoms with Crippen molar-refractivity contribution in [3.8, 4) is 17.6 Å². The van der Waals surface area contributed by atoms with Gasteiger partial charge >= 0.3 is 0 Å². The Balaban J connectivity index is 1.71. The van der Waals surface area contributed by atoms with Gasteiger partial charge in [0.25, 0.3) is 11.6 Å². The highest BCUT2D eigenvalue weighted by molar-refractivity contribution is 6.30. The molecule has 3 rings (SSSR count). The van der Waals surface area contributed by atoms with Crippen molar-refractivity contribution in [2.45, 2.75) is 6.61 Å². The van der Waals surface area contributed by atoms with Gasteiger partial charge in [-0.15, -0.1) is 0 Å². The van der Waals surface area contributed by atoms with E-state index in [2.05, 4.69) is 5.32 Å². The van der Waals surface area contributed by atoms with Crippen LogP contribution in [0.25, 0.3) is 6.08 Å². The smallest absolute Gasteiger partial charge is 0.271 e. The Morgan fingerprint density at radius 1 is 1.18 bits per heavy atom. The second-order valence-electron chi connectivity index (χ2n) is 6.75. The Morgan fingerprint density at radius 2 is 1.94 bits per heavy atom. The topological polar surface area (TPSA) is 114 Å². The molecule has 3 aromatic carbocycles. The maximum Gasteiger partial charge on any atom is 0.271 e. The zero-order valence-electron chi connectivity index (χ0n) is 17.4. The lowest BCUT2D eigenvalue weighted by atomic mass is 10.1. The number of hydrogen-bond acceptors (Lipinski definition) is 6. The number of nitriles is 1. The lowest BCUT2D eigenvalue weighted by molar-refractivity contribution is -0.384. The highest BCUT2D eigenvalue weighted by Crippen LogP contribution is 2.29. The van der Waals surface area contributed by atoms with Crippen molar-refractivity contribution in [3.05, 3.63) is 98.6 Å². The van der Waals surface area contributed by atoms with Crippen LogP contribution in [0.5, 0.6) is 11.5 Å². The lowest BCUT2D eigenvalue weighted by Gasteiger charge is -2.10. The minimum atomic E-state index is -0.724. The molecule has 1 N–H and O–H groups in total. The van der Waals surface area contributed by atoms with Crippen molar-refractivity contribution >= 4 is 35.0 Å². The summed E-state index contributed by atoms with van der Waals surface area (Å²) in [5, 5.41) is 23.6. The molecule has 33 heavy (non-hydrogen) atoms. The number of nitro groups is 1. The van der Waals surface area contributed by atoms with Crippen molar-refractivity contribution in [2.24, 2.45) is 0 Å². The molecule has 0 radical (unpaired) electrons. The van der Waals surface area contributed by atoms with Gasteiger partial charge in [0.15, 0.2) is 0 Å². The van der Waals surface area contributed by atoms with E-state index in [1.54, 1.807) is 30.3 Å². The largest absolute Gasteiger partial charge is 0.495 e. The molecule has 1 amide bonds. The molecule has 0 saturated heterocycles. The first-order valence-corrected chi connectivity index (χ1v) is 10.0. The number of benzene rings is 3. The number of non-ortho nitro benzene ring substituents is 1. The number of nitrogens with zero attached hydrogens (tertiary/aromatic N) is 2. The quantitative estimate of drug-likeness (QED) is 0.207. The van der Waals surface area contributed by atoms with Crippen LogP contribution in [0.3, 0.4) is 0 Å². The molecule has 0 bridgehead atoms. The van der Waals surface area contributed by atoms with Crippen LogP contribution >= 0.6 is 11.6 Å². The summed E-state index contributed by atoms with van der Waals surface area (Å²) < 4.78 is 10.8. The monoisotopic (exact) mass is 463 g/mol. The van der Waals surface area contributed by atoms with Gasteiger partial charge in [0.2, 0.25) is 0 Å². The van der Waals surface area contributed by atoms with Crippen LogP contribution in [-0.2, 0) is 11.4 Å².